The van der Waals surface area contributed by atoms with Crippen LogP contribution in [-0.4, -0.2) is 60.6 Å². The molecule has 1 aromatic carbocycles. The van der Waals surface area contributed by atoms with Crippen LogP contribution in [0, 0.1) is 5.41 Å². The number of piperidine rings is 1. The number of nitrogens with zero attached hydrogens (tertiary/aromatic N) is 2. The molecular weight excluding hydrogens is 308 g/mol. The lowest BCUT2D eigenvalue weighted by atomic mass is 9.78. The summed E-state index contributed by atoms with van der Waals surface area (Å²) < 4.78 is 4.70. The number of hydrogen-bond acceptors (Lipinski definition) is 5. The largest absolute Gasteiger partial charge is 0.507 e. The minimum Gasteiger partial charge on any atom is -0.507 e. The number of esters is 1. The zero-order chi connectivity index (χ0) is 17.3. The number of carbonyl (C=O) groups excluding carboxylic acids is 2. The van der Waals surface area contributed by atoms with Gasteiger partial charge in [0.1, 0.15) is 11.3 Å². The summed E-state index contributed by atoms with van der Waals surface area (Å²) in [6, 6.07) is 5.00. The Bertz CT molecular complexity index is 660. The van der Waals surface area contributed by atoms with E-state index in [2.05, 4.69) is 4.90 Å². The summed E-state index contributed by atoms with van der Waals surface area (Å²) in [5.41, 5.74) is 0.869. The fraction of sp³-hybridized carbons (Fsp3) is 0.556. The third kappa shape index (κ3) is 2.98. The van der Waals surface area contributed by atoms with Crippen LogP contribution in [0.5, 0.6) is 5.75 Å². The molecule has 1 atom stereocenters. The van der Waals surface area contributed by atoms with Gasteiger partial charge in [-0.2, -0.15) is 0 Å². The summed E-state index contributed by atoms with van der Waals surface area (Å²) >= 11 is 0. The van der Waals surface area contributed by atoms with E-state index in [1.54, 1.807) is 6.07 Å². The summed E-state index contributed by atoms with van der Waals surface area (Å²) in [5, 5.41) is 9.80. The highest BCUT2D eigenvalue weighted by molar-refractivity contribution is 5.92. The van der Waals surface area contributed by atoms with Crippen molar-refractivity contribution in [1.29, 1.82) is 0 Å². The lowest BCUT2D eigenvalue weighted by molar-refractivity contribution is -0.143. The zero-order valence-corrected chi connectivity index (χ0v) is 14.2. The second-order valence-corrected chi connectivity index (χ2v) is 6.91. The van der Waals surface area contributed by atoms with Gasteiger partial charge in [-0.25, -0.2) is 4.79 Å². The van der Waals surface area contributed by atoms with Crippen LogP contribution in [0.4, 0.5) is 0 Å². The third-order valence-corrected chi connectivity index (χ3v) is 5.25. The van der Waals surface area contributed by atoms with Crippen LogP contribution in [0.25, 0.3) is 0 Å². The summed E-state index contributed by atoms with van der Waals surface area (Å²) in [6.07, 6.45) is 2.90. The molecule has 1 aromatic rings. The molecule has 2 aliphatic heterocycles. The molecule has 2 saturated heterocycles. The van der Waals surface area contributed by atoms with E-state index in [1.807, 2.05) is 18.0 Å². The maximum absolute atomic E-state index is 12.6. The molecular formula is C18H24N2O4. The molecule has 1 amide bonds. The number of ether oxygens (including phenoxy) is 1. The molecule has 3 rings (SSSR count). The Hall–Kier alpha value is -2.08. The Labute approximate surface area is 142 Å². The smallest absolute Gasteiger partial charge is 0.341 e. The number of phenols is 1. The maximum atomic E-state index is 12.6. The van der Waals surface area contributed by atoms with Gasteiger partial charge in [0.25, 0.3) is 0 Å². The Balaban J connectivity index is 1.72. The number of likely N-dealkylation sites (tertiary alicyclic amines) is 2. The Morgan fingerprint density at radius 1 is 1.33 bits per heavy atom. The van der Waals surface area contributed by atoms with E-state index in [-0.39, 0.29) is 22.6 Å². The standard InChI is InChI=1S/C18H24N2O4/c1-19-8-3-6-18(17(19)23)7-9-20(12-18)11-13-4-5-15(21)14(10-13)16(22)24-2/h4-5,10,21H,3,6-9,11-12H2,1-2H3. The first-order valence-electron chi connectivity index (χ1n) is 8.33. The molecule has 0 radical (unpaired) electrons. The van der Waals surface area contributed by atoms with Crippen LogP contribution in [-0.2, 0) is 16.1 Å². The summed E-state index contributed by atoms with van der Waals surface area (Å²) in [5.74, 6) is -0.360. The van der Waals surface area contributed by atoms with Gasteiger partial charge in [-0.3, -0.25) is 9.69 Å². The first-order chi connectivity index (χ1) is 11.4. The molecule has 6 heteroatoms. The summed E-state index contributed by atoms with van der Waals surface area (Å²) in [6.45, 7) is 3.13. The predicted molar refractivity (Wildman–Crippen MR) is 88.6 cm³/mol. The Morgan fingerprint density at radius 3 is 2.88 bits per heavy atom. The number of carbonyl (C=O) groups is 2. The maximum Gasteiger partial charge on any atom is 0.341 e. The van der Waals surface area contributed by atoms with Crippen LogP contribution in [0.15, 0.2) is 18.2 Å². The molecule has 130 valence electrons. The number of benzene rings is 1. The van der Waals surface area contributed by atoms with Crippen LogP contribution in [0.2, 0.25) is 0 Å². The van der Waals surface area contributed by atoms with E-state index in [0.29, 0.717) is 6.54 Å². The second-order valence-electron chi connectivity index (χ2n) is 6.91. The first-order valence-corrected chi connectivity index (χ1v) is 8.33. The fourth-order valence-corrected chi connectivity index (χ4v) is 3.95. The van der Waals surface area contributed by atoms with E-state index in [1.165, 1.54) is 13.2 Å². The summed E-state index contributed by atoms with van der Waals surface area (Å²) in [7, 11) is 3.18. The van der Waals surface area contributed by atoms with Crippen LogP contribution in [0.1, 0.15) is 35.2 Å². The van der Waals surface area contributed by atoms with E-state index in [0.717, 1.165) is 44.5 Å². The van der Waals surface area contributed by atoms with Gasteiger partial charge in [0, 0.05) is 26.7 Å². The quantitative estimate of drug-likeness (QED) is 0.852. The average molecular weight is 332 g/mol. The van der Waals surface area contributed by atoms with Crippen molar-refractivity contribution in [1.82, 2.24) is 9.80 Å². The molecule has 0 saturated carbocycles. The SMILES string of the molecule is COC(=O)c1cc(CN2CCC3(CCCN(C)C3=O)C2)ccc1O. The normalized spacial score (nSPS) is 24.6. The molecule has 6 nitrogen and oxygen atoms in total. The number of phenolic OH excluding ortho intramolecular Hbond substituents is 1. The zero-order valence-electron chi connectivity index (χ0n) is 14.2. The van der Waals surface area contributed by atoms with Gasteiger partial charge < -0.3 is 14.7 Å². The lowest BCUT2D eigenvalue weighted by Gasteiger charge is -2.37. The van der Waals surface area contributed by atoms with Gasteiger partial charge in [0.2, 0.25) is 5.91 Å². The third-order valence-electron chi connectivity index (χ3n) is 5.25. The Morgan fingerprint density at radius 2 is 2.12 bits per heavy atom. The van der Waals surface area contributed by atoms with Gasteiger partial charge in [0.05, 0.1) is 12.5 Å². The van der Waals surface area contributed by atoms with Crippen LogP contribution >= 0.6 is 0 Å². The van der Waals surface area contributed by atoms with Gasteiger partial charge in [-0.05, 0) is 43.5 Å². The number of amides is 1. The van der Waals surface area contributed by atoms with Crippen molar-refractivity contribution in [2.45, 2.75) is 25.8 Å². The highest BCUT2D eigenvalue weighted by atomic mass is 16.5. The Kier molecular flexibility index (Phi) is 4.49. The minimum absolute atomic E-state index is 0.0763. The van der Waals surface area contributed by atoms with E-state index in [4.69, 9.17) is 4.74 Å². The average Bonchev–Trinajstić information content (AvgIpc) is 2.97. The molecule has 2 heterocycles. The van der Waals surface area contributed by atoms with Crippen molar-refractivity contribution in [3.8, 4) is 5.75 Å². The molecule has 2 aliphatic rings. The molecule has 1 N–H and O–H groups in total. The number of methoxy groups -OCH3 is 1. The molecule has 0 aliphatic carbocycles. The van der Waals surface area contributed by atoms with Gasteiger partial charge in [-0.1, -0.05) is 6.07 Å². The summed E-state index contributed by atoms with van der Waals surface area (Å²) in [4.78, 5) is 28.4. The molecule has 0 bridgehead atoms. The number of hydrogen-bond donors (Lipinski definition) is 1. The molecule has 1 spiro atoms. The monoisotopic (exact) mass is 332 g/mol. The lowest BCUT2D eigenvalue weighted by Crippen LogP contribution is -2.48. The first kappa shape index (κ1) is 16.8. The van der Waals surface area contributed by atoms with E-state index < -0.39 is 5.97 Å². The number of aromatic hydroxyl groups is 1. The predicted octanol–water partition coefficient (Wildman–Crippen LogP) is 1.62. The van der Waals surface area contributed by atoms with Crippen molar-refractivity contribution in [3.63, 3.8) is 0 Å². The second kappa shape index (κ2) is 6.43. The topological polar surface area (TPSA) is 70.1 Å². The molecule has 24 heavy (non-hydrogen) atoms. The van der Waals surface area contributed by atoms with Crippen molar-refractivity contribution >= 4 is 11.9 Å². The van der Waals surface area contributed by atoms with Crippen molar-refractivity contribution in [2.24, 2.45) is 5.41 Å². The molecule has 2 fully saturated rings. The van der Waals surface area contributed by atoms with Gasteiger partial charge in [0.15, 0.2) is 0 Å². The van der Waals surface area contributed by atoms with Gasteiger partial charge in [-0.15, -0.1) is 0 Å². The molecule has 0 aromatic heterocycles. The van der Waals surface area contributed by atoms with E-state index >= 15 is 0 Å². The van der Waals surface area contributed by atoms with Crippen molar-refractivity contribution < 1.29 is 19.4 Å². The highest BCUT2D eigenvalue weighted by Crippen LogP contribution is 2.40. The number of rotatable bonds is 3. The van der Waals surface area contributed by atoms with E-state index in [9.17, 15) is 14.7 Å². The highest BCUT2D eigenvalue weighted by Gasteiger charge is 2.47. The van der Waals surface area contributed by atoms with Crippen LogP contribution < -0.4 is 0 Å². The molecule has 1 unspecified atom stereocenters. The van der Waals surface area contributed by atoms with Gasteiger partial charge >= 0.3 is 5.97 Å². The van der Waals surface area contributed by atoms with Crippen LogP contribution in [0.3, 0.4) is 0 Å². The minimum atomic E-state index is -0.545. The van der Waals surface area contributed by atoms with Crippen molar-refractivity contribution in [2.75, 3.05) is 33.8 Å². The van der Waals surface area contributed by atoms with Crippen molar-refractivity contribution in [3.05, 3.63) is 29.3 Å². The fourth-order valence-electron chi connectivity index (χ4n) is 3.95.